The van der Waals surface area contributed by atoms with E-state index in [1.165, 1.54) is 28.8 Å². The van der Waals surface area contributed by atoms with Gasteiger partial charge >= 0.3 is 0 Å². The summed E-state index contributed by atoms with van der Waals surface area (Å²) >= 11 is 0. The third-order valence-electron chi connectivity index (χ3n) is 4.50. The summed E-state index contributed by atoms with van der Waals surface area (Å²) in [6, 6.07) is 10.8. The van der Waals surface area contributed by atoms with E-state index in [1.54, 1.807) is 0 Å². The van der Waals surface area contributed by atoms with Crippen LogP contribution in [0, 0.1) is 5.82 Å². The lowest BCUT2D eigenvalue weighted by Crippen LogP contribution is -2.49. The van der Waals surface area contributed by atoms with Crippen molar-refractivity contribution in [2.45, 2.75) is 4.90 Å². The molecule has 0 bridgehead atoms. The molecule has 0 N–H and O–H groups in total. The maximum Gasteiger partial charge on any atom is 0.243 e. The summed E-state index contributed by atoms with van der Waals surface area (Å²) in [7, 11) is -3.70. The van der Waals surface area contributed by atoms with Crippen LogP contribution in [0.4, 0.5) is 10.2 Å². The predicted octanol–water partition coefficient (Wildman–Crippen LogP) is 1.92. The Labute approximate surface area is 156 Å². The van der Waals surface area contributed by atoms with Gasteiger partial charge in [0.25, 0.3) is 0 Å². The van der Waals surface area contributed by atoms with Crippen molar-refractivity contribution in [3.63, 3.8) is 0 Å². The summed E-state index contributed by atoms with van der Waals surface area (Å²) in [6.45, 7) is 1.61. The zero-order valence-corrected chi connectivity index (χ0v) is 15.3. The fourth-order valence-corrected chi connectivity index (χ4v) is 4.53. The molecular formula is C18H18FN5O2S. The molecule has 1 aromatic carbocycles. The van der Waals surface area contributed by atoms with E-state index in [2.05, 4.69) is 9.97 Å². The minimum Gasteiger partial charge on any atom is -0.354 e. The Bertz CT molecular complexity index is 1030. The molecule has 0 spiro atoms. The lowest BCUT2D eigenvalue weighted by molar-refractivity contribution is 0.383. The molecule has 7 nitrogen and oxygen atoms in total. The number of rotatable bonds is 4. The number of anilines is 1. The molecule has 1 fully saturated rings. The van der Waals surface area contributed by atoms with Gasteiger partial charge in [-0.15, -0.1) is 0 Å². The van der Waals surface area contributed by atoms with E-state index in [1.807, 2.05) is 40.1 Å². The summed E-state index contributed by atoms with van der Waals surface area (Å²) in [5.74, 6) is 0.935. The van der Waals surface area contributed by atoms with Gasteiger partial charge in [-0.2, -0.15) is 4.31 Å². The number of sulfonamides is 1. The quantitative estimate of drug-likeness (QED) is 0.684. The fourth-order valence-electron chi connectivity index (χ4n) is 3.07. The first-order valence-electron chi connectivity index (χ1n) is 8.50. The number of halogens is 1. The molecule has 0 saturated carbocycles. The molecule has 0 aliphatic carbocycles. The number of piperazine rings is 1. The SMILES string of the molecule is O=S(=O)(c1cccc(F)c1)N1CCN(c2cc(-n3cccc3)ncn2)CC1. The third kappa shape index (κ3) is 3.56. The Morgan fingerprint density at radius 1 is 0.889 bits per heavy atom. The van der Waals surface area contributed by atoms with Crippen molar-refractivity contribution in [2.75, 3.05) is 31.1 Å². The van der Waals surface area contributed by atoms with Crippen LogP contribution in [0.5, 0.6) is 0 Å². The Morgan fingerprint density at radius 3 is 2.30 bits per heavy atom. The number of benzene rings is 1. The lowest BCUT2D eigenvalue weighted by Gasteiger charge is -2.34. The molecular weight excluding hydrogens is 369 g/mol. The minimum atomic E-state index is -3.70. The number of aromatic nitrogens is 3. The highest BCUT2D eigenvalue weighted by molar-refractivity contribution is 7.89. The lowest BCUT2D eigenvalue weighted by atomic mass is 10.3. The Morgan fingerprint density at radius 2 is 1.59 bits per heavy atom. The van der Waals surface area contributed by atoms with Gasteiger partial charge in [0.2, 0.25) is 10.0 Å². The molecule has 1 aliphatic rings. The maximum atomic E-state index is 13.4. The molecule has 0 amide bonds. The highest BCUT2D eigenvalue weighted by Gasteiger charge is 2.29. The second-order valence-electron chi connectivity index (χ2n) is 6.17. The largest absolute Gasteiger partial charge is 0.354 e. The molecule has 3 aromatic rings. The molecule has 1 saturated heterocycles. The van der Waals surface area contributed by atoms with E-state index in [0.717, 1.165) is 17.7 Å². The van der Waals surface area contributed by atoms with Gasteiger partial charge in [0.05, 0.1) is 4.90 Å². The van der Waals surface area contributed by atoms with Crippen LogP contribution in [0.25, 0.3) is 5.82 Å². The van der Waals surface area contributed by atoms with Crippen molar-refractivity contribution in [3.8, 4) is 5.82 Å². The second-order valence-corrected chi connectivity index (χ2v) is 8.11. The number of hydrogen-bond acceptors (Lipinski definition) is 5. The maximum absolute atomic E-state index is 13.4. The van der Waals surface area contributed by atoms with Crippen LogP contribution >= 0.6 is 0 Å². The first-order valence-corrected chi connectivity index (χ1v) is 9.94. The van der Waals surface area contributed by atoms with Gasteiger partial charge in [0.1, 0.15) is 23.8 Å². The molecule has 4 rings (SSSR count). The molecule has 0 atom stereocenters. The summed E-state index contributed by atoms with van der Waals surface area (Å²) < 4.78 is 42.1. The van der Waals surface area contributed by atoms with Crippen molar-refractivity contribution in [3.05, 3.63) is 67.0 Å². The Balaban J connectivity index is 1.49. The van der Waals surface area contributed by atoms with Crippen molar-refractivity contribution < 1.29 is 12.8 Å². The van der Waals surface area contributed by atoms with Gasteiger partial charge in [0, 0.05) is 44.6 Å². The van der Waals surface area contributed by atoms with Gasteiger partial charge in [-0.1, -0.05) is 6.07 Å². The van der Waals surface area contributed by atoms with Crippen LogP contribution < -0.4 is 4.90 Å². The first-order chi connectivity index (χ1) is 13.0. The molecule has 0 radical (unpaired) electrons. The normalized spacial score (nSPS) is 15.8. The zero-order chi connectivity index (χ0) is 18.9. The zero-order valence-electron chi connectivity index (χ0n) is 14.4. The minimum absolute atomic E-state index is 0.0205. The van der Waals surface area contributed by atoms with E-state index in [0.29, 0.717) is 26.2 Å². The molecule has 1 aliphatic heterocycles. The van der Waals surface area contributed by atoms with Crippen LogP contribution in [-0.2, 0) is 10.0 Å². The summed E-state index contributed by atoms with van der Waals surface area (Å²) in [5, 5.41) is 0. The van der Waals surface area contributed by atoms with Crippen LogP contribution in [0.15, 0.2) is 66.1 Å². The average Bonchev–Trinajstić information content (AvgIpc) is 3.23. The Hall–Kier alpha value is -2.78. The smallest absolute Gasteiger partial charge is 0.243 e. The molecule has 9 heteroatoms. The van der Waals surface area contributed by atoms with E-state index in [9.17, 15) is 12.8 Å². The van der Waals surface area contributed by atoms with Crippen LogP contribution in [-0.4, -0.2) is 53.4 Å². The molecule has 2 aromatic heterocycles. The van der Waals surface area contributed by atoms with E-state index in [4.69, 9.17) is 0 Å². The Kier molecular flexibility index (Phi) is 4.63. The predicted molar refractivity (Wildman–Crippen MR) is 98.7 cm³/mol. The van der Waals surface area contributed by atoms with E-state index < -0.39 is 15.8 Å². The standard InChI is InChI=1S/C18H18FN5O2S/c19-15-4-3-5-16(12-15)27(25,26)24-10-8-23(9-11-24)18-13-17(20-14-21-18)22-6-1-2-7-22/h1-7,12-14H,8-11H2. The number of nitrogens with zero attached hydrogens (tertiary/aromatic N) is 5. The van der Waals surface area contributed by atoms with Gasteiger partial charge < -0.3 is 9.47 Å². The second kappa shape index (κ2) is 7.09. The molecule has 140 valence electrons. The monoisotopic (exact) mass is 387 g/mol. The van der Waals surface area contributed by atoms with Crippen LogP contribution in [0.1, 0.15) is 0 Å². The van der Waals surface area contributed by atoms with E-state index >= 15 is 0 Å². The van der Waals surface area contributed by atoms with Crippen molar-refractivity contribution in [1.29, 1.82) is 0 Å². The highest BCUT2D eigenvalue weighted by atomic mass is 32.2. The first kappa shape index (κ1) is 17.6. The highest BCUT2D eigenvalue weighted by Crippen LogP contribution is 2.21. The molecule has 27 heavy (non-hydrogen) atoms. The summed E-state index contributed by atoms with van der Waals surface area (Å²) in [5.41, 5.74) is 0. The van der Waals surface area contributed by atoms with Crippen LogP contribution in [0.2, 0.25) is 0 Å². The van der Waals surface area contributed by atoms with Crippen LogP contribution in [0.3, 0.4) is 0 Å². The molecule has 3 heterocycles. The summed E-state index contributed by atoms with van der Waals surface area (Å²) in [4.78, 5) is 10.6. The van der Waals surface area contributed by atoms with Crippen molar-refractivity contribution >= 4 is 15.8 Å². The fraction of sp³-hybridized carbons (Fsp3) is 0.222. The summed E-state index contributed by atoms with van der Waals surface area (Å²) in [6.07, 6.45) is 5.30. The van der Waals surface area contributed by atoms with Crippen molar-refractivity contribution in [2.24, 2.45) is 0 Å². The average molecular weight is 387 g/mol. The van der Waals surface area contributed by atoms with Gasteiger partial charge in [-0.05, 0) is 30.3 Å². The van der Waals surface area contributed by atoms with Gasteiger partial charge in [-0.3, -0.25) is 0 Å². The van der Waals surface area contributed by atoms with Gasteiger partial charge in [0.15, 0.2) is 0 Å². The van der Waals surface area contributed by atoms with Gasteiger partial charge in [-0.25, -0.2) is 22.8 Å². The molecule has 0 unspecified atom stereocenters. The van der Waals surface area contributed by atoms with Crippen molar-refractivity contribution in [1.82, 2.24) is 18.8 Å². The van der Waals surface area contributed by atoms with E-state index in [-0.39, 0.29) is 4.90 Å². The topological polar surface area (TPSA) is 71.3 Å². The number of hydrogen-bond donors (Lipinski definition) is 0. The third-order valence-corrected chi connectivity index (χ3v) is 6.40.